The average Bonchev–Trinajstić information content (AvgIpc) is 3.36. The number of aromatic amines is 1. The van der Waals surface area contributed by atoms with E-state index in [1.54, 1.807) is 29.2 Å². The summed E-state index contributed by atoms with van der Waals surface area (Å²) in [6.07, 6.45) is 1.97. The van der Waals surface area contributed by atoms with Crippen LogP contribution in [0.2, 0.25) is 0 Å². The number of benzene rings is 5. The molecule has 0 aliphatic carbocycles. The number of aliphatic hydroxyl groups is 1. The topological polar surface area (TPSA) is 183 Å². The molecule has 3 aliphatic rings. The number of aromatic nitrogens is 1. The number of nitrogens with zero attached hydrogens (tertiary/aromatic N) is 2. The molecule has 4 heterocycles. The fourth-order valence-electron chi connectivity index (χ4n) is 9.07. The molecule has 5 N–H and O–H groups in total. The first-order chi connectivity index (χ1) is 33.2. The largest absolute Gasteiger partial charge is 0.506 e. The maximum atomic E-state index is 13.5. The number of carbonyl (C=O) groups is 3. The molecular weight excluding hydrogens is 863 g/mol. The number of phenols is 1. The molecule has 5 aromatic carbocycles. The van der Waals surface area contributed by atoms with Crippen LogP contribution in [0.3, 0.4) is 0 Å². The van der Waals surface area contributed by atoms with E-state index in [-0.39, 0.29) is 55.0 Å². The van der Waals surface area contributed by atoms with Crippen molar-refractivity contribution in [3.63, 3.8) is 0 Å². The predicted molar refractivity (Wildman–Crippen MR) is 258 cm³/mol. The number of hydrogen-bond donors (Lipinski definition) is 5. The monoisotopic (exact) mass is 921 g/mol. The highest BCUT2D eigenvalue weighted by Gasteiger charge is 2.37. The van der Waals surface area contributed by atoms with Gasteiger partial charge in [0.15, 0.2) is 0 Å². The molecular formula is C54H59N5O9. The molecule has 2 bridgehead atoms. The standard InChI is InChI=1S/C54H59N5O9/c60-46-22-20-44(45-21-23-49(62)56-52(45)46)47(61)34-55-26-8-27-59(50(63)32-37-10-3-1-4-11-37)28-9-31-66-53(64)41-18-16-38(17-19-41)36-67-43-15-7-14-42(33-43)51(40-12-5-2-6-13-40)57-54(65)68-48-35-58-29-24-39(48)25-30-58/h1-7,10-23,33,39,47-48,51,55,60-61H,8-9,24-32,34-36H2,(H,56,62)(H,57,65)/t47-,48-,51-/m0/s1. The minimum absolute atomic E-state index is 0.0381. The van der Waals surface area contributed by atoms with Gasteiger partial charge in [-0.05, 0) is 115 Å². The van der Waals surface area contributed by atoms with Gasteiger partial charge < -0.3 is 44.9 Å². The second kappa shape index (κ2) is 23.1. The number of piperidine rings is 3. The first-order valence-corrected chi connectivity index (χ1v) is 23.5. The van der Waals surface area contributed by atoms with E-state index < -0.39 is 24.2 Å². The van der Waals surface area contributed by atoms with E-state index >= 15 is 0 Å². The summed E-state index contributed by atoms with van der Waals surface area (Å²) in [6.45, 7) is 4.89. The Morgan fingerprint density at radius 1 is 0.809 bits per heavy atom. The van der Waals surface area contributed by atoms with Crippen molar-refractivity contribution in [2.45, 2.75) is 57.0 Å². The number of esters is 1. The average molecular weight is 922 g/mol. The number of H-pyrrole nitrogens is 1. The summed E-state index contributed by atoms with van der Waals surface area (Å²) in [6, 6.07) is 39.6. The zero-order valence-electron chi connectivity index (χ0n) is 38.1. The van der Waals surface area contributed by atoms with Gasteiger partial charge in [-0.1, -0.05) is 91.0 Å². The summed E-state index contributed by atoms with van der Waals surface area (Å²) < 4.78 is 17.8. The summed E-state index contributed by atoms with van der Waals surface area (Å²) in [7, 11) is 0. The van der Waals surface area contributed by atoms with Crippen LogP contribution >= 0.6 is 0 Å². The van der Waals surface area contributed by atoms with Crippen molar-refractivity contribution in [2.75, 3.05) is 52.4 Å². The highest BCUT2D eigenvalue weighted by atomic mass is 16.6. The third-order valence-corrected chi connectivity index (χ3v) is 12.8. The fourth-order valence-corrected chi connectivity index (χ4v) is 9.07. The van der Waals surface area contributed by atoms with Gasteiger partial charge in [-0.25, -0.2) is 9.59 Å². The highest BCUT2D eigenvalue weighted by molar-refractivity contribution is 5.89. The highest BCUT2D eigenvalue weighted by Crippen LogP contribution is 2.32. The van der Waals surface area contributed by atoms with Crippen molar-refractivity contribution in [1.82, 2.24) is 25.4 Å². The molecule has 1 aromatic heterocycles. The lowest BCUT2D eigenvalue weighted by molar-refractivity contribution is -0.130. The summed E-state index contributed by atoms with van der Waals surface area (Å²) >= 11 is 0. The Labute approximate surface area is 395 Å². The Morgan fingerprint density at radius 2 is 1.54 bits per heavy atom. The molecule has 0 saturated carbocycles. The maximum absolute atomic E-state index is 13.5. The number of phenolic OH excluding ortho intramolecular Hbond substituents is 1. The van der Waals surface area contributed by atoms with E-state index in [4.69, 9.17) is 14.2 Å². The van der Waals surface area contributed by atoms with Crippen LogP contribution < -0.4 is 20.9 Å². The van der Waals surface area contributed by atoms with Gasteiger partial charge in [0.1, 0.15) is 24.2 Å². The van der Waals surface area contributed by atoms with Gasteiger partial charge in [-0.15, -0.1) is 0 Å². The lowest BCUT2D eigenvalue weighted by Crippen LogP contribution is -2.52. The predicted octanol–water partition coefficient (Wildman–Crippen LogP) is 7.05. The molecule has 9 rings (SSSR count). The minimum atomic E-state index is -0.899. The molecule has 2 amide bonds. The number of fused-ring (bicyclic) bond motifs is 4. The lowest BCUT2D eigenvalue weighted by Gasteiger charge is -2.43. The number of alkyl carbamates (subject to hydrolysis) is 1. The number of hydrogen-bond acceptors (Lipinski definition) is 11. The van der Waals surface area contributed by atoms with Crippen molar-refractivity contribution in [3.05, 3.63) is 177 Å². The molecule has 14 heteroatoms. The molecule has 0 spiro atoms. The van der Waals surface area contributed by atoms with Gasteiger partial charge in [0, 0.05) is 37.6 Å². The molecule has 0 radical (unpaired) electrons. The Morgan fingerprint density at radius 3 is 2.29 bits per heavy atom. The number of ether oxygens (including phenoxy) is 3. The Balaban J connectivity index is 0.796. The number of amides is 2. The van der Waals surface area contributed by atoms with Crippen molar-refractivity contribution in [3.8, 4) is 11.5 Å². The zero-order chi connectivity index (χ0) is 47.2. The van der Waals surface area contributed by atoms with Crippen LogP contribution in [0.15, 0.2) is 138 Å². The normalized spacial score (nSPS) is 17.2. The van der Waals surface area contributed by atoms with Gasteiger partial charge in [-0.3, -0.25) is 14.5 Å². The number of carbonyl (C=O) groups excluding carboxylic acids is 3. The van der Waals surface area contributed by atoms with E-state index in [2.05, 4.69) is 20.5 Å². The smallest absolute Gasteiger partial charge is 0.408 e. The van der Waals surface area contributed by atoms with Gasteiger partial charge in [0.25, 0.3) is 0 Å². The van der Waals surface area contributed by atoms with Crippen molar-refractivity contribution in [2.24, 2.45) is 5.92 Å². The van der Waals surface area contributed by atoms with Gasteiger partial charge in [-0.2, -0.15) is 0 Å². The summed E-state index contributed by atoms with van der Waals surface area (Å²) in [5.41, 5.74) is 4.43. The van der Waals surface area contributed by atoms with Crippen LogP contribution in [0.4, 0.5) is 4.79 Å². The van der Waals surface area contributed by atoms with Crippen LogP contribution in [-0.4, -0.2) is 101 Å². The lowest BCUT2D eigenvalue weighted by atomic mass is 9.86. The van der Waals surface area contributed by atoms with Gasteiger partial charge in [0.2, 0.25) is 11.5 Å². The van der Waals surface area contributed by atoms with E-state index in [0.29, 0.717) is 60.7 Å². The molecule has 3 aliphatic heterocycles. The Hall–Kier alpha value is -7.00. The van der Waals surface area contributed by atoms with Crippen molar-refractivity contribution in [1.29, 1.82) is 0 Å². The van der Waals surface area contributed by atoms with Crippen LogP contribution in [0.5, 0.6) is 11.5 Å². The van der Waals surface area contributed by atoms with Crippen molar-refractivity contribution >= 4 is 28.9 Å². The first kappa shape index (κ1) is 47.5. The molecule has 14 nitrogen and oxygen atoms in total. The number of aliphatic hydroxyl groups excluding tert-OH is 1. The van der Waals surface area contributed by atoms with Gasteiger partial charge >= 0.3 is 12.1 Å². The summed E-state index contributed by atoms with van der Waals surface area (Å²) in [4.78, 5) is 58.4. The van der Waals surface area contributed by atoms with E-state index in [1.807, 2.05) is 97.1 Å². The molecule has 354 valence electrons. The number of pyridine rings is 1. The molecule has 3 saturated heterocycles. The number of nitrogens with one attached hydrogen (secondary N) is 3. The summed E-state index contributed by atoms with van der Waals surface area (Å²) in [5.74, 6) is 0.461. The van der Waals surface area contributed by atoms with Crippen LogP contribution in [-0.2, 0) is 27.3 Å². The molecule has 3 fully saturated rings. The molecule has 3 atom stereocenters. The number of aromatic hydroxyl groups is 1. The fraction of sp³-hybridized carbons (Fsp3) is 0.333. The van der Waals surface area contributed by atoms with Crippen LogP contribution in [0.25, 0.3) is 10.9 Å². The maximum Gasteiger partial charge on any atom is 0.408 e. The Kier molecular flexibility index (Phi) is 16.2. The minimum Gasteiger partial charge on any atom is -0.506 e. The van der Waals surface area contributed by atoms with E-state index in [9.17, 15) is 29.4 Å². The third-order valence-electron chi connectivity index (χ3n) is 12.8. The number of rotatable bonds is 21. The third kappa shape index (κ3) is 12.7. The molecule has 68 heavy (non-hydrogen) atoms. The SMILES string of the molecule is O=C(N[C@@H](c1ccccc1)c1cccc(OCc2ccc(C(=O)OCCCN(CCCNC[C@H](O)c3ccc(O)c4[nH]c(=O)ccc34)C(=O)Cc3ccccc3)cc2)c1)O[C@H]1CN2CCC1CC2. The zero-order valence-corrected chi connectivity index (χ0v) is 38.1. The van der Waals surface area contributed by atoms with Gasteiger partial charge in [0.05, 0.1) is 36.3 Å². The quantitative estimate of drug-likeness (QED) is 0.0369. The van der Waals surface area contributed by atoms with E-state index in [0.717, 1.165) is 54.7 Å². The Bertz CT molecular complexity index is 2670. The van der Waals surface area contributed by atoms with E-state index in [1.165, 1.54) is 12.1 Å². The molecule has 6 aromatic rings. The second-order valence-corrected chi connectivity index (χ2v) is 17.5. The molecule has 0 unspecified atom stereocenters. The summed E-state index contributed by atoms with van der Waals surface area (Å²) in [5, 5.41) is 28.1. The van der Waals surface area contributed by atoms with Crippen LogP contribution in [0.1, 0.15) is 76.0 Å². The van der Waals surface area contributed by atoms with Crippen molar-refractivity contribution < 1.29 is 38.8 Å². The second-order valence-electron chi connectivity index (χ2n) is 17.5. The first-order valence-electron chi connectivity index (χ1n) is 23.5. The van der Waals surface area contributed by atoms with Crippen LogP contribution in [0, 0.1) is 5.92 Å².